The fourth-order valence-corrected chi connectivity index (χ4v) is 0.304. The minimum atomic E-state index is -1.21. The fraction of sp³-hybridized carbons (Fsp3) is 0.500. The van der Waals surface area contributed by atoms with E-state index in [4.69, 9.17) is 10.8 Å². The normalized spacial score (nSPS) is 10.1. The monoisotopic (exact) mass is 258 g/mol. The Morgan fingerprint density at radius 1 is 1.46 bits per heavy atom. The molecule has 0 aliphatic rings. The van der Waals surface area contributed by atoms with E-state index in [1.807, 2.05) is 0 Å². The van der Waals surface area contributed by atoms with Crippen molar-refractivity contribution in [3.8, 4) is 0 Å². The molecule has 2 radical (unpaired) electrons. The summed E-state index contributed by atoms with van der Waals surface area (Å²) in [4.78, 5) is 19.9. The summed E-state index contributed by atoms with van der Waals surface area (Å²) >= 11 is 8.53. The molecule has 0 spiro atoms. The zero-order valence-electron chi connectivity index (χ0n) is 6.57. The van der Waals surface area contributed by atoms with Crippen LogP contribution in [0.2, 0.25) is 0 Å². The average molecular weight is 259 g/mol. The number of halogens is 2. The summed E-state index contributed by atoms with van der Waals surface area (Å²) in [6.07, 6.45) is -0.310. The summed E-state index contributed by atoms with van der Waals surface area (Å²) in [7, 11) is 0. The number of carboxylic acid groups (broad SMARTS) is 1. The van der Waals surface area contributed by atoms with Crippen molar-refractivity contribution in [2.45, 2.75) is 12.5 Å². The molecule has 6 nitrogen and oxygen atoms in total. The van der Waals surface area contributed by atoms with E-state index < -0.39 is 17.9 Å². The largest absolute Gasteiger partial charge is 0.480 e. The van der Waals surface area contributed by atoms with E-state index in [1.54, 1.807) is 0 Å². The second-order valence-electron chi connectivity index (χ2n) is 1.67. The molecule has 0 fully saturated rings. The summed E-state index contributed by atoms with van der Waals surface area (Å²) in [6, 6.07) is -1.16. The van der Waals surface area contributed by atoms with E-state index in [9.17, 15) is 9.59 Å². The molecule has 0 heterocycles. The maximum Gasteiger partial charge on any atom is 0.321 e. The smallest absolute Gasteiger partial charge is 0.321 e. The van der Waals surface area contributed by atoms with Crippen LogP contribution < -0.4 is 11.5 Å². The van der Waals surface area contributed by atoms with Crippen molar-refractivity contribution >= 4 is 73.3 Å². The number of carboxylic acids is 1. The molecule has 0 unspecified atom stereocenters. The van der Waals surface area contributed by atoms with Gasteiger partial charge in [0, 0.05) is 37.7 Å². The molecule has 5 N–H and O–H groups in total. The van der Waals surface area contributed by atoms with Crippen molar-refractivity contribution in [3.63, 3.8) is 0 Å². The molecule has 0 saturated carbocycles. The molecule has 0 rings (SSSR count). The van der Waals surface area contributed by atoms with Gasteiger partial charge >= 0.3 is 5.97 Å². The number of primary amides is 1. The molecular formula is C4H8CaCl2N2O4. The van der Waals surface area contributed by atoms with Crippen molar-refractivity contribution in [2.75, 3.05) is 0 Å². The first-order valence-corrected chi connectivity index (χ1v) is 3.23. The number of carbonyl (C=O) groups is 2. The third kappa shape index (κ3) is 19.2. The molecule has 0 bridgehead atoms. The first-order valence-electron chi connectivity index (χ1n) is 2.61. The molecule has 74 valence electrons. The molecule has 0 aliphatic carbocycles. The van der Waals surface area contributed by atoms with E-state index in [0.717, 1.165) is 0 Å². The van der Waals surface area contributed by atoms with Gasteiger partial charge in [0.15, 0.2) is 0 Å². The van der Waals surface area contributed by atoms with Crippen molar-refractivity contribution in [1.29, 1.82) is 0 Å². The minimum Gasteiger partial charge on any atom is -0.480 e. The van der Waals surface area contributed by atoms with E-state index >= 15 is 0 Å². The van der Waals surface area contributed by atoms with E-state index in [1.165, 1.54) is 0 Å². The fourth-order valence-electron chi connectivity index (χ4n) is 0.304. The first-order chi connectivity index (χ1) is 5.45. The Hall–Kier alpha value is 0.700. The van der Waals surface area contributed by atoms with Crippen LogP contribution in [-0.2, 0) is 13.4 Å². The summed E-state index contributed by atoms with van der Waals surface area (Å²) < 4.78 is 3.19. The van der Waals surface area contributed by atoms with Crippen LogP contribution in [0.1, 0.15) is 6.42 Å². The Morgan fingerprint density at radius 2 is 1.77 bits per heavy atom. The first kappa shape index (κ1) is 19.3. The van der Waals surface area contributed by atoms with Crippen LogP contribution in [0, 0.1) is 0 Å². The SMILES string of the molecule is ClOCl.NC(=O)C[C@H](N)C(=O)O.[Ca]. The van der Waals surface area contributed by atoms with Crippen molar-refractivity contribution in [3.05, 3.63) is 0 Å². The Morgan fingerprint density at radius 3 is 1.85 bits per heavy atom. The molecular weight excluding hydrogens is 251 g/mol. The van der Waals surface area contributed by atoms with Gasteiger partial charge < -0.3 is 16.6 Å². The third-order valence-corrected chi connectivity index (χ3v) is 0.738. The predicted molar refractivity (Wildman–Crippen MR) is 48.0 cm³/mol. The number of hydrogen-bond donors (Lipinski definition) is 3. The summed E-state index contributed by atoms with van der Waals surface area (Å²) in [5.74, 6) is -1.92. The topological polar surface area (TPSA) is 116 Å². The van der Waals surface area contributed by atoms with Crippen LogP contribution in [-0.4, -0.2) is 60.8 Å². The zero-order chi connectivity index (χ0) is 10.1. The van der Waals surface area contributed by atoms with Gasteiger partial charge in [-0.05, 0) is 0 Å². The van der Waals surface area contributed by atoms with Crippen molar-refractivity contribution in [2.24, 2.45) is 11.5 Å². The summed E-state index contributed by atoms with van der Waals surface area (Å²) in [5.41, 5.74) is 9.57. The Kier molecular flexibility index (Phi) is 18.9. The molecule has 1 amide bonds. The number of carbonyl (C=O) groups excluding carboxylic acids is 1. The molecule has 0 aliphatic heterocycles. The van der Waals surface area contributed by atoms with E-state index in [0.29, 0.717) is 0 Å². The maximum atomic E-state index is 9.99. The van der Waals surface area contributed by atoms with Crippen molar-refractivity contribution in [1.82, 2.24) is 0 Å². The average Bonchev–Trinajstić information content (AvgIpc) is 1.87. The molecule has 1 atom stereocenters. The predicted octanol–water partition coefficient (Wildman–Crippen LogP) is -0.796. The summed E-state index contributed by atoms with van der Waals surface area (Å²) in [5, 5.41) is 8.10. The van der Waals surface area contributed by atoms with Crippen LogP contribution >= 0.6 is 23.7 Å². The molecule has 13 heavy (non-hydrogen) atoms. The quantitative estimate of drug-likeness (QED) is 0.574. The van der Waals surface area contributed by atoms with Gasteiger partial charge in [-0.25, -0.2) is 0 Å². The third-order valence-electron chi connectivity index (χ3n) is 0.738. The zero-order valence-corrected chi connectivity index (χ0v) is 10.3. The number of nitrogens with two attached hydrogens (primary N) is 2. The van der Waals surface area contributed by atoms with E-state index in [2.05, 4.69) is 33.3 Å². The number of hydrogen-bond acceptors (Lipinski definition) is 4. The Balaban J connectivity index is -0.000000220. The molecule has 0 aromatic heterocycles. The van der Waals surface area contributed by atoms with Crippen LogP contribution in [0.5, 0.6) is 0 Å². The van der Waals surface area contributed by atoms with E-state index in [-0.39, 0.29) is 44.2 Å². The Labute approximate surface area is 115 Å². The van der Waals surface area contributed by atoms with Gasteiger partial charge in [-0.15, -0.1) is 0 Å². The molecule has 0 saturated heterocycles. The van der Waals surface area contributed by atoms with Crippen LogP contribution in [0.3, 0.4) is 0 Å². The number of rotatable bonds is 3. The van der Waals surface area contributed by atoms with Gasteiger partial charge in [0.1, 0.15) is 6.04 Å². The van der Waals surface area contributed by atoms with Gasteiger partial charge in [0.25, 0.3) is 0 Å². The maximum absolute atomic E-state index is 9.99. The van der Waals surface area contributed by atoms with Crippen LogP contribution in [0.25, 0.3) is 0 Å². The van der Waals surface area contributed by atoms with Gasteiger partial charge in [-0.2, -0.15) is 3.84 Å². The number of amides is 1. The van der Waals surface area contributed by atoms with Crippen LogP contribution in [0.15, 0.2) is 0 Å². The standard InChI is InChI=1S/C4H8N2O3.Ca.Cl2O/c5-2(4(8)9)1-3(6)7;;1-3-2/h2H,1,5H2,(H2,6,7)(H,8,9);;/t2-;;/m0../s1. The number of aliphatic carboxylic acids is 1. The van der Waals surface area contributed by atoms with Crippen molar-refractivity contribution < 1.29 is 18.5 Å². The molecule has 0 aromatic rings. The molecule has 9 heteroatoms. The van der Waals surface area contributed by atoms with Crippen LogP contribution in [0.4, 0.5) is 0 Å². The van der Waals surface area contributed by atoms with Gasteiger partial charge in [-0.3, -0.25) is 9.59 Å². The van der Waals surface area contributed by atoms with Gasteiger partial charge in [0.2, 0.25) is 5.91 Å². The van der Waals surface area contributed by atoms with Gasteiger partial charge in [-0.1, -0.05) is 0 Å². The molecule has 0 aromatic carbocycles. The Bertz CT molecular complexity index is 159. The summed E-state index contributed by atoms with van der Waals surface area (Å²) in [6.45, 7) is 0. The second-order valence-corrected chi connectivity index (χ2v) is 2.14. The van der Waals surface area contributed by atoms with Gasteiger partial charge in [0.05, 0.1) is 30.2 Å². The second kappa shape index (κ2) is 12.7. The minimum absolute atomic E-state index is 0.